The maximum absolute atomic E-state index is 15.5. The first-order chi connectivity index (χ1) is 14.6. The normalized spacial score (nSPS) is 27.9. The van der Waals surface area contributed by atoms with Crippen LogP contribution in [0.3, 0.4) is 0 Å². The van der Waals surface area contributed by atoms with E-state index in [1.807, 2.05) is 43.3 Å². The lowest BCUT2D eigenvalue weighted by Crippen LogP contribution is -2.45. The number of rotatable bonds is 5. The number of amides is 1. The number of hydrogen-bond acceptors (Lipinski definition) is 3. The Bertz CT molecular complexity index is 1010. The summed E-state index contributed by atoms with van der Waals surface area (Å²) in [5.41, 5.74) is 1.12. The van der Waals surface area contributed by atoms with Crippen molar-refractivity contribution in [1.82, 2.24) is 0 Å². The van der Waals surface area contributed by atoms with E-state index in [9.17, 15) is 9.90 Å². The van der Waals surface area contributed by atoms with Gasteiger partial charge in [-0.15, -0.1) is 0 Å². The highest BCUT2D eigenvalue weighted by molar-refractivity contribution is 14.1. The molecule has 4 nitrogen and oxygen atoms in total. The topological polar surface area (TPSA) is 49.8 Å². The molecule has 0 bridgehead atoms. The van der Waals surface area contributed by atoms with Crippen LogP contribution in [0.5, 0.6) is 0 Å². The molecule has 1 amide bonds. The Labute approximate surface area is 211 Å². The van der Waals surface area contributed by atoms with E-state index in [-0.39, 0.29) is 24.0 Å². The lowest BCUT2D eigenvalue weighted by Gasteiger charge is -2.31. The van der Waals surface area contributed by atoms with Crippen molar-refractivity contribution in [3.05, 3.63) is 60.7 Å². The van der Waals surface area contributed by atoms with Crippen LogP contribution in [-0.2, 0) is 21.7 Å². The standard InChI is InChI=1S/C23H26FI2NO3Si/c1-14-21(31(2,3)24)20(9-10-28)30-23(14)18-12-17(26)7-8-19(18)27(22(23)29)13-15-5-4-6-16(25)11-15/h4-8,11-12,14,20-21,28H,9-10,13H2,1-3H3/t14-,20+,21-,23+/m0/s1. The van der Waals surface area contributed by atoms with Gasteiger partial charge in [-0.25, -0.2) is 0 Å². The Morgan fingerprint density at radius 1 is 1.19 bits per heavy atom. The monoisotopic (exact) mass is 665 g/mol. The predicted molar refractivity (Wildman–Crippen MR) is 139 cm³/mol. The second kappa shape index (κ2) is 8.66. The number of carbonyl (C=O) groups is 1. The zero-order chi connectivity index (χ0) is 22.6. The van der Waals surface area contributed by atoms with Gasteiger partial charge in [0.2, 0.25) is 8.41 Å². The fraction of sp³-hybridized carbons (Fsp3) is 0.435. The average Bonchev–Trinajstić information content (AvgIpc) is 3.10. The Hall–Kier alpha value is -0.563. The molecule has 0 unspecified atom stereocenters. The molecule has 1 spiro atoms. The van der Waals surface area contributed by atoms with Crippen LogP contribution in [0.4, 0.5) is 9.80 Å². The fourth-order valence-electron chi connectivity index (χ4n) is 5.39. The highest BCUT2D eigenvalue weighted by Gasteiger charge is 2.66. The largest absolute Gasteiger partial charge is 0.396 e. The van der Waals surface area contributed by atoms with Crippen LogP contribution in [0.25, 0.3) is 0 Å². The number of fused-ring (bicyclic) bond motifs is 2. The maximum atomic E-state index is 15.5. The van der Waals surface area contributed by atoms with Gasteiger partial charge < -0.3 is 18.9 Å². The van der Waals surface area contributed by atoms with Gasteiger partial charge in [0.05, 0.1) is 18.3 Å². The Balaban J connectivity index is 1.83. The quantitative estimate of drug-likeness (QED) is 0.257. The van der Waals surface area contributed by atoms with Crippen molar-refractivity contribution < 1.29 is 18.7 Å². The highest BCUT2D eigenvalue weighted by Crippen LogP contribution is 2.60. The minimum absolute atomic E-state index is 0.0893. The summed E-state index contributed by atoms with van der Waals surface area (Å²) in [5.74, 6) is -0.444. The van der Waals surface area contributed by atoms with Crippen molar-refractivity contribution >= 4 is 65.2 Å². The zero-order valence-electron chi connectivity index (χ0n) is 17.7. The van der Waals surface area contributed by atoms with E-state index in [2.05, 4.69) is 51.2 Å². The number of aliphatic hydroxyl groups excluding tert-OH is 1. The number of hydrogen-bond donors (Lipinski definition) is 1. The summed E-state index contributed by atoms with van der Waals surface area (Å²) >= 11 is 4.51. The Morgan fingerprint density at radius 2 is 1.90 bits per heavy atom. The number of nitrogens with zero attached hydrogens (tertiary/aromatic N) is 1. The molecule has 1 saturated heterocycles. The van der Waals surface area contributed by atoms with Crippen LogP contribution >= 0.6 is 45.2 Å². The molecule has 8 heteroatoms. The van der Waals surface area contributed by atoms with E-state index in [0.717, 1.165) is 24.0 Å². The van der Waals surface area contributed by atoms with E-state index >= 15 is 4.11 Å². The predicted octanol–water partition coefficient (Wildman–Crippen LogP) is 5.60. The molecule has 4 atom stereocenters. The maximum Gasteiger partial charge on any atom is 0.264 e. The van der Waals surface area contributed by atoms with Crippen molar-refractivity contribution in [1.29, 1.82) is 0 Å². The van der Waals surface area contributed by atoms with Gasteiger partial charge in [-0.2, -0.15) is 0 Å². The number of ether oxygens (including phenoxy) is 1. The van der Waals surface area contributed by atoms with Gasteiger partial charge in [0.15, 0.2) is 5.60 Å². The minimum atomic E-state index is -3.16. The smallest absolute Gasteiger partial charge is 0.264 e. The first kappa shape index (κ1) is 23.6. The molecule has 31 heavy (non-hydrogen) atoms. The van der Waals surface area contributed by atoms with Gasteiger partial charge in [0, 0.05) is 30.8 Å². The van der Waals surface area contributed by atoms with Gasteiger partial charge in [-0.3, -0.25) is 4.79 Å². The molecule has 2 aliphatic rings. The van der Waals surface area contributed by atoms with Crippen molar-refractivity contribution in [2.45, 2.75) is 50.2 Å². The third kappa shape index (κ3) is 4.00. The summed E-state index contributed by atoms with van der Waals surface area (Å²) in [6.07, 6.45) is -0.139. The van der Waals surface area contributed by atoms with Crippen LogP contribution in [0.1, 0.15) is 24.5 Å². The van der Waals surface area contributed by atoms with Gasteiger partial charge >= 0.3 is 0 Å². The van der Waals surface area contributed by atoms with Crippen molar-refractivity contribution in [3.8, 4) is 0 Å². The van der Waals surface area contributed by atoms with Crippen molar-refractivity contribution in [2.24, 2.45) is 5.92 Å². The second-order valence-corrected chi connectivity index (χ2v) is 15.3. The lowest BCUT2D eigenvalue weighted by molar-refractivity contribution is -0.146. The van der Waals surface area contributed by atoms with Crippen molar-refractivity contribution in [2.75, 3.05) is 11.5 Å². The molecule has 0 aromatic heterocycles. The van der Waals surface area contributed by atoms with Crippen LogP contribution < -0.4 is 4.90 Å². The van der Waals surface area contributed by atoms with E-state index < -0.39 is 20.1 Å². The lowest BCUT2D eigenvalue weighted by atomic mass is 9.82. The average molecular weight is 665 g/mol. The van der Waals surface area contributed by atoms with Gasteiger partial charge in [-0.05, 0) is 101 Å². The first-order valence-corrected chi connectivity index (χ1v) is 15.5. The molecule has 2 aromatic rings. The minimum Gasteiger partial charge on any atom is -0.396 e. The molecule has 1 fully saturated rings. The highest BCUT2D eigenvalue weighted by atomic mass is 127. The molecule has 2 aliphatic heterocycles. The number of aliphatic hydroxyl groups is 1. The van der Waals surface area contributed by atoms with E-state index in [4.69, 9.17) is 4.74 Å². The molecule has 0 radical (unpaired) electrons. The third-order valence-corrected chi connectivity index (χ3v) is 10.4. The van der Waals surface area contributed by atoms with Crippen LogP contribution in [-0.4, -0.2) is 32.1 Å². The zero-order valence-corrected chi connectivity index (χ0v) is 23.1. The van der Waals surface area contributed by atoms with Crippen molar-refractivity contribution in [3.63, 3.8) is 0 Å². The summed E-state index contributed by atoms with van der Waals surface area (Å²) in [6.45, 7) is 5.66. The van der Waals surface area contributed by atoms with Gasteiger partial charge in [-0.1, -0.05) is 19.1 Å². The molecule has 1 N–H and O–H groups in total. The molecule has 4 rings (SSSR count). The van der Waals surface area contributed by atoms with Gasteiger partial charge in [0.25, 0.3) is 5.91 Å². The molecular weight excluding hydrogens is 639 g/mol. The van der Waals surface area contributed by atoms with Gasteiger partial charge in [0.1, 0.15) is 0 Å². The van der Waals surface area contributed by atoms with Crippen LogP contribution in [0.15, 0.2) is 42.5 Å². The van der Waals surface area contributed by atoms with E-state index in [0.29, 0.717) is 13.0 Å². The number of halogens is 3. The number of anilines is 1. The van der Waals surface area contributed by atoms with E-state index in [1.54, 1.807) is 18.0 Å². The Kier molecular flexibility index (Phi) is 6.59. The summed E-state index contributed by atoms with van der Waals surface area (Å²) in [6, 6.07) is 14.1. The summed E-state index contributed by atoms with van der Waals surface area (Å²) in [5, 5.41) is 9.62. The van der Waals surface area contributed by atoms with E-state index in [1.165, 1.54) is 0 Å². The second-order valence-electron chi connectivity index (χ2n) is 8.97. The molecule has 166 valence electrons. The summed E-state index contributed by atoms with van der Waals surface area (Å²) in [4.78, 5) is 15.8. The Morgan fingerprint density at radius 3 is 2.55 bits per heavy atom. The molecule has 0 aliphatic carbocycles. The fourth-order valence-corrected chi connectivity index (χ4v) is 9.03. The molecule has 2 aromatic carbocycles. The molecular formula is C23H26FI2NO3Si. The summed E-state index contributed by atoms with van der Waals surface area (Å²) in [7, 11) is -3.16. The number of benzene rings is 2. The molecule has 2 heterocycles. The number of carbonyl (C=O) groups excluding carboxylic acids is 1. The third-order valence-electron chi connectivity index (χ3n) is 6.57. The summed E-state index contributed by atoms with van der Waals surface area (Å²) < 4.78 is 24.1. The van der Waals surface area contributed by atoms with Crippen LogP contribution in [0, 0.1) is 13.1 Å². The van der Waals surface area contributed by atoms with Crippen LogP contribution in [0.2, 0.25) is 18.6 Å². The SMILES string of the molecule is C[C@H]1[C@H]([Si](C)(C)F)[C@@H](CCO)O[C@]12C(=O)N(Cc1cccc(I)c1)c1ccc(I)cc12. The first-order valence-electron chi connectivity index (χ1n) is 10.4. The molecule has 0 saturated carbocycles.